The first-order valence-electron chi connectivity index (χ1n) is 5.31. The molecule has 1 N–H and O–H groups in total. The van der Waals surface area contributed by atoms with E-state index in [-0.39, 0.29) is 12.2 Å². The highest BCUT2D eigenvalue weighted by Gasteiger charge is 2.15. The highest BCUT2D eigenvalue weighted by Crippen LogP contribution is 2.26. The zero-order chi connectivity index (χ0) is 14.0. The molecule has 0 unspecified atom stereocenters. The zero-order valence-corrected chi connectivity index (χ0v) is 11.4. The van der Waals surface area contributed by atoms with Crippen molar-refractivity contribution < 1.29 is 14.6 Å². The molecule has 0 radical (unpaired) electrons. The molecule has 0 amide bonds. The maximum Gasteiger partial charge on any atom is 0.339 e. The second-order valence-electron chi connectivity index (χ2n) is 3.80. The Morgan fingerprint density at radius 3 is 2.79 bits per heavy atom. The number of aryl methyl sites for hydroxylation is 1. The van der Waals surface area contributed by atoms with Crippen LogP contribution in [0.15, 0.2) is 24.4 Å². The molecule has 0 fully saturated rings. The summed E-state index contributed by atoms with van der Waals surface area (Å²) in [6, 6.07) is 4.84. The molecule has 5 nitrogen and oxygen atoms in total. The second-order valence-corrected chi connectivity index (χ2v) is 4.61. The number of halogens is 2. The fourth-order valence-electron chi connectivity index (χ4n) is 1.53. The minimum Gasteiger partial charge on any atom is -0.487 e. The molecule has 0 saturated heterocycles. The molecule has 0 bridgehead atoms. The van der Waals surface area contributed by atoms with Crippen molar-refractivity contribution >= 4 is 29.2 Å². The first-order chi connectivity index (χ1) is 8.99. The third-order valence-electron chi connectivity index (χ3n) is 2.56. The molecule has 0 aliphatic rings. The summed E-state index contributed by atoms with van der Waals surface area (Å²) in [7, 11) is 1.65. The zero-order valence-electron chi connectivity index (χ0n) is 9.93. The van der Waals surface area contributed by atoms with Crippen molar-refractivity contribution in [1.82, 2.24) is 9.78 Å². The molecular formula is C12H10Cl2N2O3. The number of nitrogens with zero attached hydrogens (tertiary/aromatic N) is 2. The van der Waals surface area contributed by atoms with E-state index in [1.165, 1.54) is 10.9 Å². The van der Waals surface area contributed by atoms with E-state index in [1.807, 2.05) is 0 Å². The number of aromatic carboxylic acids is 1. The smallest absolute Gasteiger partial charge is 0.339 e. The van der Waals surface area contributed by atoms with Gasteiger partial charge in [0.1, 0.15) is 17.9 Å². The predicted octanol–water partition coefficient (Wildman–Crippen LogP) is 3.00. The molecule has 0 atom stereocenters. The van der Waals surface area contributed by atoms with Gasteiger partial charge in [0.15, 0.2) is 0 Å². The van der Waals surface area contributed by atoms with Crippen molar-refractivity contribution in [3.05, 3.63) is 45.7 Å². The van der Waals surface area contributed by atoms with E-state index in [2.05, 4.69) is 5.10 Å². The van der Waals surface area contributed by atoms with Crippen LogP contribution in [0.1, 0.15) is 16.1 Å². The van der Waals surface area contributed by atoms with Gasteiger partial charge in [-0.2, -0.15) is 5.10 Å². The van der Waals surface area contributed by atoms with Crippen molar-refractivity contribution in [1.29, 1.82) is 0 Å². The van der Waals surface area contributed by atoms with Gasteiger partial charge in [0.25, 0.3) is 0 Å². The Balaban J connectivity index is 2.16. The van der Waals surface area contributed by atoms with Crippen LogP contribution in [-0.2, 0) is 13.7 Å². The van der Waals surface area contributed by atoms with Gasteiger partial charge in [-0.15, -0.1) is 0 Å². The predicted molar refractivity (Wildman–Crippen MR) is 71.0 cm³/mol. The van der Waals surface area contributed by atoms with Crippen LogP contribution in [-0.4, -0.2) is 20.9 Å². The summed E-state index contributed by atoms with van der Waals surface area (Å²) in [6.07, 6.45) is 1.29. The van der Waals surface area contributed by atoms with Gasteiger partial charge in [0.05, 0.1) is 21.9 Å². The maximum atomic E-state index is 11.0. The van der Waals surface area contributed by atoms with Gasteiger partial charge in [-0.05, 0) is 12.1 Å². The fourth-order valence-corrected chi connectivity index (χ4v) is 1.82. The third-order valence-corrected chi connectivity index (χ3v) is 3.30. The molecule has 19 heavy (non-hydrogen) atoms. The van der Waals surface area contributed by atoms with Gasteiger partial charge in [-0.25, -0.2) is 4.79 Å². The average molecular weight is 301 g/mol. The summed E-state index contributed by atoms with van der Waals surface area (Å²) in [5.74, 6) is -0.534. The van der Waals surface area contributed by atoms with Gasteiger partial charge in [-0.1, -0.05) is 23.2 Å². The van der Waals surface area contributed by atoms with Crippen LogP contribution in [0.4, 0.5) is 0 Å². The van der Waals surface area contributed by atoms with Gasteiger partial charge < -0.3 is 9.84 Å². The van der Waals surface area contributed by atoms with Crippen LogP contribution in [0.5, 0.6) is 5.75 Å². The molecule has 100 valence electrons. The first kappa shape index (κ1) is 13.7. The van der Waals surface area contributed by atoms with Crippen molar-refractivity contribution in [3.8, 4) is 5.75 Å². The van der Waals surface area contributed by atoms with E-state index in [0.717, 1.165) is 0 Å². The highest BCUT2D eigenvalue weighted by molar-refractivity contribution is 6.42. The Labute approximate surface area is 119 Å². The van der Waals surface area contributed by atoms with Crippen molar-refractivity contribution in [3.63, 3.8) is 0 Å². The quantitative estimate of drug-likeness (QED) is 0.943. The summed E-state index contributed by atoms with van der Waals surface area (Å²) in [5, 5.41) is 13.7. The molecule has 2 rings (SSSR count). The van der Waals surface area contributed by atoms with Gasteiger partial charge >= 0.3 is 5.97 Å². The first-order valence-corrected chi connectivity index (χ1v) is 6.06. The van der Waals surface area contributed by atoms with E-state index >= 15 is 0 Å². The molecule has 0 spiro atoms. The lowest BCUT2D eigenvalue weighted by Gasteiger charge is -2.08. The van der Waals surface area contributed by atoms with Crippen molar-refractivity contribution in [2.24, 2.45) is 7.05 Å². The Kier molecular flexibility index (Phi) is 3.97. The normalized spacial score (nSPS) is 10.5. The van der Waals surface area contributed by atoms with Gasteiger partial charge in [-0.3, -0.25) is 4.68 Å². The van der Waals surface area contributed by atoms with Crippen LogP contribution in [0.3, 0.4) is 0 Å². The lowest BCUT2D eigenvalue weighted by atomic mass is 10.2. The van der Waals surface area contributed by atoms with E-state index in [9.17, 15) is 4.79 Å². The Bertz CT molecular complexity index is 625. The van der Waals surface area contributed by atoms with E-state index < -0.39 is 5.97 Å². The van der Waals surface area contributed by atoms with E-state index in [1.54, 1.807) is 25.2 Å². The lowest BCUT2D eigenvalue weighted by molar-refractivity contribution is 0.0693. The molecular weight excluding hydrogens is 291 g/mol. The average Bonchev–Trinajstić information content (AvgIpc) is 2.72. The number of benzene rings is 1. The lowest BCUT2D eigenvalue weighted by Crippen LogP contribution is -2.08. The van der Waals surface area contributed by atoms with Crippen LogP contribution < -0.4 is 4.74 Å². The Hall–Kier alpha value is -1.72. The van der Waals surface area contributed by atoms with E-state index in [0.29, 0.717) is 21.5 Å². The van der Waals surface area contributed by atoms with E-state index in [4.69, 9.17) is 33.0 Å². The maximum absolute atomic E-state index is 11.0. The molecule has 0 aliphatic carbocycles. The number of carboxylic acid groups (broad SMARTS) is 1. The Morgan fingerprint density at radius 2 is 2.16 bits per heavy atom. The SMILES string of the molecule is Cn1ncc(C(=O)O)c1COc1ccc(Cl)c(Cl)c1. The second kappa shape index (κ2) is 5.50. The number of aromatic nitrogens is 2. The minimum absolute atomic E-state index is 0.0795. The molecule has 2 aromatic rings. The number of hydrogen-bond acceptors (Lipinski definition) is 3. The summed E-state index contributed by atoms with van der Waals surface area (Å²) < 4.78 is 6.95. The van der Waals surface area contributed by atoms with Crippen molar-refractivity contribution in [2.45, 2.75) is 6.61 Å². The summed E-state index contributed by atoms with van der Waals surface area (Å²) in [5.41, 5.74) is 0.584. The van der Waals surface area contributed by atoms with Gasteiger partial charge in [0, 0.05) is 13.1 Å². The number of carbonyl (C=O) groups is 1. The molecule has 1 aromatic carbocycles. The molecule has 0 saturated carbocycles. The molecule has 1 heterocycles. The van der Waals surface area contributed by atoms with Crippen LogP contribution in [0.2, 0.25) is 10.0 Å². The van der Waals surface area contributed by atoms with Crippen LogP contribution >= 0.6 is 23.2 Å². The standard InChI is InChI=1S/C12H10Cl2N2O3/c1-16-11(8(5-15-16)12(17)18)6-19-7-2-3-9(13)10(14)4-7/h2-5H,6H2,1H3,(H,17,18). The monoisotopic (exact) mass is 300 g/mol. The number of hydrogen-bond donors (Lipinski definition) is 1. The van der Waals surface area contributed by atoms with Crippen molar-refractivity contribution in [2.75, 3.05) is 0 Å². The summed E-state index contributed by atoms with van der Waals surface area (Å²) >= 11 is 11.7. The number of carboxylic acids is 1. The number of rotatable bonds is 4. The summed E-state index contributed by atoms with van der Waals surface area (Å²) in [6.45, 7) is 0.0795. The van der Waals surface area contributed by atoms with Gasteiger partial charge in [0.2, 0.25) is 0 Å². The summed E-state index contributed by atoms with van der Waals surface area (Å²) in [4.78, 5) is 11.0. The fraction of sp³-hybridized carbons (Fsp3) is 0.167. The third kappa shape index (κ3) is 3.00. The van der Waals surface area contributed by atoms with Crippen LogP contribution in [0.25, 0.3) is 0 Å². The Morgan fingerprint density at radius 1 is 1.42 bits per heavy atom. The van der Waals surface area contributed by atoms with Crippen LogP contribution in [0, 0.1) is 0 Å². The number of ether oxygens (including phenoxy) is 1. The molecule has 1 aromatic heterocycles. The largest absolute Gasteiger partial charge is 0.487 e. The highest BCUT2D eigenvalue weighted by atomic mass is 35.5. The molecule has 0 aliphatic heterocycles. The molecule has 7 heteroatoms. The minimum atomic E-state index is -1.04. The topological polar surface area (TPSA) is 64.4 Å².